The van der Waals surface area contributed by atoms with Crippen molar-refractivity contribution < 1.29 is 0 Å². The van der Waals surface area contributed by atoms with E-state index in [1.54, 1.807) is 6.21 Å². The molecule has 0 bridgehead atoms. The van der Waals surface area contributed by atoms with Crippen LogP contribution in [0, 0.1) is 5.92 Å². The molecule has 2 heteroatoms. The van der Waals surface area contributed by atoms with E-state index in [1.165, 1.54) is 0 Å². The number of nitrogens with zero attached hydrogens (tertiary/aromatic N) is 2. The second kappa shape index (κ2) is 5.32. The van der Waals surface area contributed by atoms with Gasteiger partial charge in [0.15, 0.2) is 0 Å². The van der Waals surface area contributed by atoms with Crippen LogP contribution in [-0.4, -0.2) is 11.9 Å². The third-order valence-corrected chi connectivity index (χ3v) is 2.06. The fourth-order valence-electron chi connectivity index (χ4n) is 0.841. The third kappa shape index (κ3) is 3.52. The van der Waals surface area contributed by atoms with Crippen LogP contribution in [0.5, 0.6) is 0 Å². The Morgan fingerprint density at radius 2 is 1.86 bits per heavy atom. The number of rotatable bonds is 3. The van der Waals surface area contributed by atoms with Gasteiger partial charge in [0.05, 0.1) is 6.21 Å². The lowest BCUT2D eigenvalue weighted by molar-refractivity contribution is 0.870. The van der Waals surface area contributed by atoms with Gasteiger partial charge in [-0.3, -0.25) is 0 Å². The van der Waals surface area contributed by atoms with Crippen molar-refractivity contribution >= 4 is 11.9 Å². The molecule has 0 radical (unpaired) electrons. The minimum absolute atomic E-state index is 0.461. The molecular formula is C12H16N2. The zero-order chi connectivity index (χ0) is 10.4. The molecule has 0 heterocycles. The molecule has 0 N–H and O–H groups in total. The van der Waals surface area contributed by atoms with Crippen LogP contribution in [0.4, 0.5) is 0 Å². The lowest BCUT2D eigenvalue weighted by Crippen LogP contribution is -2.00. The number of hydrogen-bond donors (Lipinski definition) is 0. The van der Waals surface area contributed by atoms with Crippen LogP contribution >= 0.6 is 0 Å². The van der Waals surface area contributed by atoms with Gasteiger partial charge in [-0.1, -0.05) is 44.2 Å². The summed E-state index contributed by atoms with van der Waals surface area (Å²) in [5.74, 6) is 0.461. The van der Waals surface area contributed by atoms with Crippen molar-refractivity contribution in [1.29, 1.82) is 0 Å². The highest BCUT2D eigenvalue weighted by Gasteiger charge is 1.95. The summed E-state index contributed by atoms with van der Waals surface area (Å²) in [4.78, 5) is 0. The molecule has 0 aliphatic rings. The maximum absolute atomic E-state index is 4.11. The van der Waals surface area contributed by atoms with Crippen LogP contribution in [0.15, 0.2) is 40.5 Å². The Kier molecular flexibility index (Phi) is 4.05. The van der Waals surface area contributed by atoms with Crippen molar-refractivity contribution in [2.45, 2.75) is 20.8 Å². The summed E-state index contributed by atoms with van der Waals surface area (Å²) < 4.78 is 0. The van der Waals surface area contributed by atoms with Crippen LogP contribution in [0.1, 0.15) is 26.3 Å². The van der Waals surface area contributed by atoms with Gasteiger partial charge in [0.25, 0.3) is 0 Å². The Morgan fingerprint density at radius 1 is 1.21 bits per heavy atom. The first-order chi connectivity index (χ1) is 6.70. The molecule has 0 fully saturated rings. The van der Waals surface area contributed by atoms with E-state index in [2.05, 4.69) is 24.1 Å². The first kappa shape index (κ1) is 10.6. The quantitative estimate of drug-likeness (QED) is 0.514. The lowest BCUT2D eigenvalue weighted by atomic mass is 10.1. The molecule has 0 aromatic heterocycles. The molecule has 1 aromatic rings. The first-order valence-electron chi connectivity index (χ1n) is 4.82. The Balaban J connectivity index is 2.62. The summed E-state index contributed by atoms with van der Waals surface area (Å²) in [6.45, 7) is 6.21. The Bertz CT molecular complexity index is 323. The summed E-state index contributed by atoms with van der Waals surface area (Å²) in [7, 11) is 0. The molecule has 1 rings (SSSR count). The number of hydrogen-bond acceptors (Lipinski definition) is 2. The second-order valence-electron chi connectivity index (χ2n) is 3.55. The molecule has 14 heavy (non-hydrogen) atoms. The summed E-state index contributed by atoms with van der Waals surface area (Å²) >= 11 is 0. The largest absolute Gasteiger partial charge is 0.160 e. The van der Waals surface area contributed by atoms with E-state index in [0.717, 1.165) is 11.3 Å². The molecule has 2 nitrogen and oxygen atoms in total. The zero-order valence-electron chi connectivity index (χ0n) is 8.94. The highest BCUT2D eigenvalue weighted by atomic mass is 15.2. The minimum Gasteiger partial charge on any atom is -0.160 e. The van der Waals surface area contributed by atoms with Crippen LogP contribution in [0.25, 0.3) is 0 Å². The molecule has 0 atom stereocenters. The summed E-state index contributed by atoms with van der Waals surface area (Å²) in [6.07, 6.45) is 1.77. The Labute approximate surface area is 85.4 Å². The van der Waals surface area contributed by atoms with Crippen LogP contribution in [0.2, 0.25) is 0 Å². The molecule has 0 saturated heterocycles. The van der Waals surface area contributed by atoms with Gasteiger partial charge in [0.1, 0.15) is 0 Å². The SMILES string of the molecule is C/C(=N\N=C\c1ccccc1)C(C)C. The smallest absolute Gasteiger partial charge is 0.0568 e. The van der Waals surface area contributed by atoms with E-state index >= 15 is 0 Å². The average molecular weight is 188 g/mol. The van der Waals surface area contributed by atoms with Gasteiger partial charge < -0.3 is 0 Å². The predicted molar refractivity (Wildman–Crippen MR) is 62.0 cm³/mol. The van der Waals surface area contributed by atoms with Crippen molar-refractivity contribution in [2.24, 2.45) is 16.1 Å². The maximum Gasteiger partial charge on any atom is 0.0568 e. The number of benzene rings is 1. The Hall–Kier alpha value is -1.44. The third-order valence-electron chi connectivity index (χ3n) is 2.06. The van der Waals surface area contributed by atoms with Crippen molar-refractivity contribution in [3.05, 3.63) is 35.9 Å². The van der Waals surface area contributed by atoms with Crippen molar-refractivity contribution in [3.8, 4) is 0 Å². The maximum atomic E-state index is 4.11. The topological polar surface area (TPSA) is 24.7 Å². The molecule has 0 spiro atoms. The fourth-order valence-corrected chi connectivity index (χ4v) is 0.841. The van der Waals surface area contributed by atoms with E-state index < -0.39 is 0 Å². The molecule has 0 saturated carbocycles. The normalized spacial score (nSPS) is 12.7. The van der Waals surface area contributed by atoms with E-state index in [1.807, 2.05) is 37.3 Å². The molecule has 0 aliphatic heterocycles. The van der Waals surface area contributed by atoms with E-state index in [-0.39, 0.29) is 0 Å². The highest BCUT2D eigenvalue weighted by Crippen LogP contribution is 1.97. The van der Waals surface area contributed by atoms with Crippen LogP contribution < -0.4 is 0 Å². The standard InChI is InChI=1S/C12H16N2/c1-10(2)11(3)14-13-9-12-7-5-4-6-8-12/h4-10H,1-3H3/b13-9+,14-11+. The zero-order valence-corrected chi connectivity index (χ0v) is 8.94. The molecular weight excluding hydrogens is 172 g/mol. The second-order valence-corrected chi connectivity index (χ2v) is 3.55. The van der Waals surface area contributed by atoms with Crippen molar-refractivity contribution in [1.82, 2.24) is 0 Å². The first-order valence-corrected chi connectivity index (χ1v) is 4.82. The van der Waals surface area contributed by atoms with Gasteiger partial charge in [-0.05, 0) is 18.4 Å². The lowest BCUT2D eigenvalue weighted by Gasteiger charge is -1.99. The molecule has 0 unspecified atom stereocenters. The van der Waals surface area contributed by atoms with E-state index in [0.29, 0.717) is 5.92 Å². The highest BCUT2D eigenvalue weighted by molar-refractivity contribution is 5.85. The van der Waals surface area contributed by atoms with Gasteiger partial charge in [0.2, 0.25) is 0 Å². The van der Waals surface area contributed by atoms with Crippen LogP contribution in [-0.2, 0) is 0 Å². The van der Waals surface area contributed by atoms with Gasteiger partial charge in [-0.2, -0.15) is 10.2 Å². The van der Waals surface area contributed by atoms with Gasteiger partial charge in [-0.15, -0.1) is 0 Å². The molecule has 0 amide bonds. The monoisotopic (exact) mass is 188 g/mol. The van der Waals surface area contributed by atoms with E-state index in [9.17, 15) is 0 Å². The van der Waals surface area contributed by atoms with Gasteiger partial charge >= 0.3 is 0 Å². The molecule has 74 valence electrons. The fraction of sp³-hybridized carbons (Fsp3) is 0.333. The molecule has 0 aliphatic carbocycles. The van der Waals surface area contributed by atoms with E-state index in [4.69, 9.17) is 0 Å². The van der Waals surface area contributed by atoms with Crippen molar-refractivity contribution in [2.75, 3.05) is 0 Å². The Morgan fingerprint density at radius 3 is 2.43 bits per heavy atom. The summed E-state index contributed by atoms with van der Waals surface area (Å²) in [5.41, 5.74) is 2.13. The van der Waals surface area contributed by atoms with Crippen LogP contribution in [0.3, 0.4) is 0 Å². The van der Waals surface area contributed by atoms with Crippen molar-refractivity contribution in [3.63, 3.8) is 0 Å². The average Bonchev–Trinajstić information content (AvgIpc) is 2.19. The minimum atomic E-state index is 0.461. The van der Waals surface area contributed by atoms with Gasteiger partial charge in [0, 0.05) is 5.71 Å². The summed E-state index contributed by atoms with van der Waals surface area (Å²) in [6, 6.07) is 9.97. The molecule has 1 aromatic carbocycles. The summed E-state index contributed by atoms with van der Waals surface area (Å²) in [5, 5.41) is 8.13. The predicted octanol–water partition coefficient (Wildman–Crippen LogP) is 3.14. The van der Waals surface area contributed by atoms with Gasteiger partial charge in [-0.25, -0.2) is 0 Å².